The molecule has 0 bridgehead atoms. The van der Waals surface area contributed by atoms with Gasteiger partial charge in [-0.3, -0.25) is 0 Å². The lowest BCUT2D eigenvalue weighted by atomic mass is 10.0. The van der Waals surface area contributed by atoms with Crippen molar-refractivity contribution in [1.29, 1.82) is 0 Å². The van der Waals surface area contributed by atoms with Crippen molar-refractivity contribution in [3.05, 3.63) is 94.9 Å². The molecule has 1 aliphatic rings. The van der Waals surface area contributed by atoms with E-state index >= 15 is 0 Å². The zero-order chi connectivity index (χ0) is 24.8. The van der Waals surface area contributed by atoms with Crippen molar-refractivity contribution in [3.8, 4) is 12.3 Å². The molecule has 1 unspecified atom stereocenters. The number of nitrogens with zero attached hydrogens (tertiary/aromatic N) is 2. The molecule has 1 aromatic rings. The van der Waals surface area contributed by atoms with E-state index in [9.17, 15) is 0 Å². The van der Waals surface area contributed by atoms with E-state index in [1.165, 1.54) is 16.7 Å². The van der Waals surface area contributed by atoms with Gasteiger partial charge in [-0.25, -0.2) is 4.99 Å². The number of benzene rings is 1. The van der Waals surface area contributed by atoms with Gasteiger partial charge in [-0.1, -0.05) is 72.7 Å². The van der Waals surface area contributed by atoms with Crippen LogP contribution in [0.3, 0.4) is 0 Å². The highest BCUT2D eigenvalue weighted by atomic mass is 32.2. The fourth-order valence-electron chi connectivity index (χ4n) is 3.57. The van der Waals surface area contributed by atoms with Crippen LogP contribution in [0, 0.1) is 18.3 Å². The Balaban J connectivity index is 2.28. The lowest BCUT2D eigenvalue weighted by Gasteiger charge is -2.23. The lowest BCUT2D eigenvalue weighted by molar-refractivity contribution is 0.622. The van der Waals surface area contributed by atoms with E-state index in [4.69, 9.17) is 11.4 Å². The molecule has 0 heterocycles. The van der Waals surface area contributed by atoms with Gasteiger partial charge in [-0.15, -0.1) is 6.42 Å². The monoisotopic (exact) mass is 470 g/mol. The van der Waals surface area contributed by atoms with Crippen LogP contribution in [0.2, 0.25) is 0 Å². The van der Waals surface area contributed by atoms with Gasteiger partial charge >= 0.3 is 0 Å². The minimum atomic E-state index is 0.114. The van der Waals surface area contributed by atoms with E-state index in [1.807, 2.05) is 43.8 Å². The molecule has 0 radical (unpaired) electrons. The van der Waals surface area contributed by atoms with Gasteiger partial charge in [-0.2, -0.15) is 11.8 Å². The summed E-state index contributed by atoms with van der Waals surface area (Å²) in [5, 5.41) is 0. The summed E-state index contributed by atoms with van der Waals surface area (Å²) in [6.07, 6.45) is 31.8. The number of allylic oxidation sites excluding steroid dienone is 8. The molecule has 0 aromatic heterocycles. The zero-order valence-corrected chi connectivity index (χ0v) is 22.1. The van der Waals surface area contributed by atoms with E-state index in [0.717, 1.165) is 42.2 Å². The number of amidine groups is 1. The predicted octanol–water partition coefficient (Wildman–Crippen LogP) is 7.93. The average Bonchev–Trinajstić information content (AvgIpc) is 3.09. The Morgan fingerprint density at radius 1 is 1.26 bits per heavy atom. The van der Waals surface area contributed by atoms with E-state index in [0.29, 0.717) is 0 Å². The van der Waals surface area contributed by atoms with Crippen LogP contribution in [-0.2, 0) is 6.42 Å². The van der Waals surface area contributed by atoms with E-state index in [-0.39, 0.29) is 5.92 Å². The molecule has 3 heteroatoms. The Bertz CT molecular complexity index is 1060. The average molecular weight is 471 g/mol. The Kier molecular flexibility index (Phi) is 12.1. The van der Waals surface area contributed by atoms with Crippen molar-refractivity contribution in [1.82, 2.24) is 4.90 Å². The zero-order valence-electron chi connectivity index (χ0n) is 21.3. The quantitative estimate of drug-likeness (QED) is 0.149. The van der Waals surface area contributed by atoms with Crippen molar-refractivity contribution in [2.24, 2.45) is 10.9 Å². The summed E-state index contributed by atoms with van der Waals surface area (Å²) in [6, 6.07) is 6.77. The molecule has 1 atom stereocenters. The number of rotatable bonds is 10. The second-order valence-electron chi connectivity index (χ2n) is 8.31. The van der Waals surface area contributed by atoms with E-state index < -0.39 is 0 Å². The molecule has 0 amide bonds. The number of thioether (sulfide) groups is 1. The fourth-order valence-corrected chi connectivity index (χ4v) is 3.86. The van der Waals surface area contributed by atoms with Crippen molar-refractivity contribution in [2.75, 3.05) is 19.1 Å². The first-order chi connectivity index (χ1) is 16.5. The third kappa shape index (κ3) is 9.12. The molecule has 2 nitrogen and oxygen atoms in total. The standard InChI is InChI=1S/C31H38N2S/c1-7-25(3)14-12-15-26(4)32-31(33(5)30(8-2)18-13-23-34-6)22-20-27-19-21-28-16-10-9-11-17-29(28)24-27/h1,8,10-19,21,24-25H,9,20,22-23H2,2-6H3/b14-12-,18-13-,26-15+,30-8+,32-31?. The summed E-state index contributed by atoms with van der Waals surface area (Å²) < 4.78 is 0. The highest BCUT2D eigenvalue weighted by molar-refractivity contribution is 7.98. The molecular formula is C31H38N2S. The van der Waals surface area contributed by atoms with Crippen LogP contribution in [0.25, 0.3) is 12.2 Å². The Labute approximate surface area is 211 Å². The minimum absolute atomic E-state index is 0.114. The van der Waals surface area contributed by atoms with Crippen LogP contribution in [0.15, 0.2) is 83.2 Å². The summed E-state index contributed by atoms with van der Waals surface area (Å²) in [5.41, 5.74) is 6.00. The van der Waals surface area contributed by atoms with E-state index in [2.05, 4.69) is 91.8 Å². The van der Waals surface area contributed by atoms with Gasteiger partial charge in [0.1, 0.15) is 5.84 Å². The van der Waals surface area contributed by atoms with Gasteiger partial charge in [0, 0.05) is 36.5 Å². The highest BCUT2D eigenvalue weighted by Crippen LogP contribution is 2.21. The molecule has 0 fully saturated rings. The molecule has 1 aromatic carbocycles. The van der Waals surface area contributed by atoms with Crippen LogP contribution >= 0.6 is 11.8 Å². The third-order valence-electron chi connectivity index (χ3n) is 5.58. The summed E-state index contributed by atoms with van der Waals surface area (Å²) in [4.78, 5) is 7.21. The Hall–Kier alpha value is -2.96. The molecule has 178 valence electrons. The molecule has 0 spiro atoms. The Morgan fingerprint density at radius 3 is 2.74 bits per heavy atom. The van der Waals surface area contributed by atoms with Crippen molar-refractivity contribution in [2.45, 2.75) is 40.0 Å². The number of aliphatic imine (C=N–C) groups is 1. The number of hydrogen-bond acceptors (Lipinski definition) is 2. The molecule has 0 N–H and O–H groups in total. The van der Waals surface area contributed by atoms with Crippen molar-refractivity contribution >= 4 is 29.7 Å². The van der Waals surface area contributed by atoms with Gasteiger partial charge in [0.25, 0.3) is 0 Å². The van der Waals surface area contributed by atoms with Crippen LogP contribution < -0.4 is 0 Å². The maximum atomic E-state index is 5.48. The summed E-state index contributed by atoms with van der Waals surface area (Å²) in [6.45, 7) is 6.12. The number of aryl methyl sites for hydroxylation is 1. The maximum absolute atomic E-state index is 5.48. The third-order valence-corrected chi connectivity index (χ3v) is 6.11. The molecule has 34 heavy (non-hydrogen) atoms. The molecule has 0 saturated carbocycles. The molecule has 1 aliphatic carbocycles. The van der Waals surface area contributed by atoms with E-state index in [1.54, 1.807) is 0 Å². The van der Waals surface area contributed by atoms with Crippen molar-refractivity contribution < 1.29 is 0 Å². The molecular weight excluding hydrogens is 432 g/mol. The van der Waals surface area contributed by atoms with Crippen LogP contribution in [0.4, 0.5) is 0 Å². The SMILES string of the molecule is C#CC(C)/C=C\C=C(/C)N=C(CCc1ccc2c(c1)C=CCC=C2)N(C)C(/C=C\CSC)=C/C. The van der Waals surface area contributed by atoms with Crippen LogP contribution in [-0.4, -0.2) is 29.8 Å². The largest absolute Gasteiger partial charge is 0.333 e. The second kappa shape index (κ2) is 15.0. The smallest absolute Gasteiger partial charge is 0.109 e. The van der Waals surface area contributed by atoms with Crippen LogP contribution in [0.5, 0.6) is 0 Å². The van der Waals surface area contributed by atoms with Gasteiger partial charge in [0.15, 0.2) is 0 Å². The number of likely N-dealkylation sites (N-methyl/N-ethyl adjacent to an activating group) is 1. The van der Waals surface area contributed by atoms with Crippen LogP contribution in [0.1, 0.15) is 50.3 Å². The first kappa shape index (κ1) is 27.3. The minimum Gasteiger partial charge on any atom is -0.333 e. The fraction of sp³-hybridized carbons (Fsp3) is 0.323. The van der Waals surface area contributed by atoms with Crippen molar-refractivity contribution in [3.63, 3.8) is 0 Å². The number of terminal acetylenes is 1. The molecule has 2 rings (SSSR count). The normalized spacial score (nSPS) is 15.5. The number of hydrogen-bond donors (Lipinski definition) is 0. The Morgan fingerprint density at radius 2 is 2.03 bits per heavy atom. The van der Waals surface area contributed by atoms with Gasteiger partial charge in [0.2, 0.25) is 0 Å². The molecule has 0 aliphatic heterocycles. The summed E-state index contributed by atoms with van der Waals surface area (Å²) in [7, 11) is 2.10. The lowest BCUT2D eigenvalue weighted by Crippen LogP contribution is -2.26. The van der Waals surface area contributed by atoms with Gasteiger partial charge < -0.3 is 4.90 Å². The topological polar surface area (TPSA) is 15.6 Å². The first-order valence-corrected chi connectivity index (χ1v) is 13.3. The summed E-state index contributed by atoms with van der Waals surface area (Å²) in [5.74, 6) is 4.87. The van der Waals surface area contributed by atoms with Gasteiger partial charge in [-0.05, 0) is 68.7 Å². The predicted molar refractivity (Wildman–Crippen MR) is 155 cm³/mol. The first-order valence-electron chi connectivity index (χ1n) is 11.9. The molecule has 0 saturated heterocycles. The highest BCUT2D eigenvalue weighted by Gasteiger charge is 2.11. The second-order valence-corrected chi connectivity index (χ2v) is 9.22. The maximum Gasteiger partial charge on any atom is 0.109 e. The van der Waals surface area contributed by atoms with Gasteiger partial charge in [0.05, 0.1) is 0 Å². The summed E-state index contributed by atoms with van der Waals surface area (Å²) >= 11 is 1.81. The number of fused-ring (bicyclic) bond motifs is 1.